The molecule has 0 radical (unpaired) electrons. The quantitative estimate of drug-likeness (QED) is 0.188. The molecule has 0 fully saturated rings. The van der Waals surface area contributed by atoms with E-state index in [9.17, 15) is 0 Å². The summed E-state index contributed by atoms with van der Waals surface area (Å²) in [5.41, 5.74) is 16.1. The molecule has 214 valence electrons. The van der Waals surface area contributed by atoms with Crippen LogP contribution < -0.4 is 0 Å². The molecule has 0 amide bonds. The fourth-order valence-electron chi connectivity index (χ4n) is 8.84. The van der Waals surface area contributed by atoms with E-state index >= 15 is 0 Å². The highest BCUT2D eigenvalue weighted by molar-refractivity contribution is 5.85. The van der Waals surface area contributed by atoms with Gasteiger partial charge in [-0.15, -0.1) is 0 Å². The van der Waals surface area contributed by atoms with Crippen LogP contribution in [0.1, 0.15) is 67.0 Å². The summed E-state index contributed by atoms with van der Waals surface area (Å²) in [6.07, 6.45) is 2.26. The maximum atomic E-state index is 2.41. The van der Waals surface area contributed by atoms with Crippen LogP contribution in [0.15, 0.2) is 146 Å². The molecule has 0 atom stereocenters. The van der Waals surface area contributed by atoms with E-state index in [2.05, 4.69) is 166 Å². The van der Waals surface area contributed by atoms with Crippen molar-refractivity contribution in [2.24, 2.45) is 5.92 Å². The van der Waals surface area contributed by atoms with Gasteiger partial charge in [-0.25, -0.2) is 0 Å². The molecule has 0 spiro atoms. The topological polar surface area (TPSA) is 0 Å². The highest BCUT2D eigenvalue weighted by Crippen LogP contribution is 2.58. The number of benzene rings is 6. The first-order chi connectivity index (χ1) is 21.6. The van der Waals surface area contributed by atoms with Gasteiger partial charge in [0.2, 0.25) is 0 Å². The Balaban J connectivity index is 1.20. The first kappa shape index (κ1) is 26.9. The van der Waals surface area contributed by atoms with Crippen molar-refractivity contribution >= 4 is 0 Å². The first-order valence-corrected chi connectivity index (χ1v) is 16.2. The Labute approximate surface area is 262 Å². The van der Waals surface area contributed by atoms with Crippen molar-refractivity contribution in [3.63, 3.8) is 0 Å². The van der Waals surface area contributed by atoms with Crippen LogP contribution in [0, 0.1) is 5.92 Å². The van der Waals surface area contributed by atoms with Crippen molar-refractivity contribution < 1.29 is 0 Å². The first-order valence-electron chi connectivity index (χ1n) is 16.2. The van der Waals surface area contributed by atoms with Crippen LogP contribution >= 0.6 is 0 Å². The molecule has 6 aromatic carbocycles. The molecule has 44 heavy (non-hydrogen) atoms. The van der Waals surface area contributed by atoms with Gasteiger partial charge in [0.1, 0.15) is 0 Å². The smallest absolute Gasteiger partial charge is 0.0491 e. The lowest BCUT2D eigenvalue weighted by atomic mass is 9.62. The Morgan fingerprint density at radius 1 is 0.409 bits per heavy atom. The van der Waals surface area contributed by atoms with Crippen LogP contribution in [0.5, 0.6) is 0 Å². The molecule has 0 bridgehead atoms. The molecule has 0 saturated carbocycles. The average molecular weight is 567 g/mol. The molecule has 2 aliphatic carbocycles. The molecule has 0 heteroatoms. The lowest BCUT2D eigenvalue weighted by Gasteiger charge is -2.40. The Bertz CT molecular complexity index is 1900. The van der Waals surface area contributed by atoms with Gasteiger partial charge >= 0.3 is 0 Å². The molecule has 6 aromatic rings. The summed E-state index contributed by atoms with van der Waals surface area (Å²) >= 11 is 0. The monoisotopic (exact) mass is 566 g/mol. The summed E-state index contributed by atoms with van der Waals surface area (Å²) in [6.45, 7) is 7.10. The van der Waals surface area contributed by atoms with E-state index in [0.717, 1.165) is 12.8 Å². The van der Waals surface area contributed by atoms with Crippen molar-refractivity contribution in [1.82, 2.24) is 0 Å². The Morgan fingerprint density at radius 3 is 1.16 bits per heavy atom. The second-order valence-electron chi connectivity index (χ2n) is 12.8. The van der Waals surface area contributed by atoms with Gasteiger partial charge in [-0.3, -0.25) is 0 Å². The molecule has 0 N–H and O–H groups in total. The molecule has 0 nitrogen and oxygen atoms in total. The van der Waals surface area contributed by atoms with Crippen LogP contribution in [0.25, 0.3) is 33.4 Å². The minimum Gasteiger partial charge on any atom is -0.0651 e. The van der Waals surface area contributed by atoms with E-state index in [1.165, 1.54) is 66.8 Å². The normalized spacial score (nSPS) is 15.0. The van der Waals surface area contributed by atoms with Crippen molar-refractivity contribution in [1.29, 1.82) is 0 Å². The Morgan fingerprint density at radius 2 is 0.750 bits per heavy atom. The van der Waals surface area contributed by atoms with Gasteiger partial charge in [-0.2, -0.15) is 0 Å². The molecule has 0 heterocycles. The lowest BCUT2D eigenvalue weighted by molar-refractivity contribution is 0.355. The summed E-state index contributed by atoms with van der Waals surface area (Å²) in [5, 5.41) is 0. The van der Waals surface area contributed by atoms with Gasteiger partial charge in [0, 0.05) is 10.8 Å². The fraction of sp³-hybridized carbons (Fsp3) is 0.182. The van der Waals surface area contributed by atoms with Gasteiger partial charge in [-0.05, 0) is 79.6 Å². The second-order valence-corrected chi connectivity index (χ2v) is 12.8. The molecule has 0 aromatic heterocycles. The summed E-state index contributed by atoms with van der Waals surface area (Å²) in [5.74, 6) is 0.510. The van der Waals surface area contributed by atoms with Crippen molar-refractivity contribution in [3.05, 3.63) is 179 Å². The number of rotatable bonds is 6. The Kier molecular flexibility index (Phi) is 6.24. The standard InChI is InChI=1S/C44H38/c1-4-32(5-2)44(41-20-12-8-16-37(41)38-17-9-13-21-42(38)44)34-28-24-31(25-29-34)30-22-26-33(27-23-30)43(3)39-18-10-6-14-35(39)36-15-7-11-19-40(36)43/h6-29,32H,4-5H2,1-3H3. The van der Waals surface area contributed by atoms with Crippen molar-refractivity contribution in [2.75, 3.05) is 0 Å². The van der Waals surface area contributed by atoms with Crippen molar-refractivity contribution in [2.45, 2.75) is 44.4 Å². The van der Waals surface area contributed by atoms with Gasteiger partial charge in [0.25, 0.3) is 0 Å². The molecule has 2 aliphatic rings. The molecule has 0 unspecified atom stereocenters. The highest BCUT2D eigenvalue weighted by Gasteiger charge is 2.48. The zero-order chi connectivity index (χ0) is 29.9. The van der Waals surface area contributed by atoms with Gasteiger partial charge in [-0.1, -0.05) is 172 Å². The van der Waals surface area contributed by atoms with Gasteiger partial charge in [0.15, 0.2) is 0 Å². The third-order valence-electron chi connectivity index (χ3n) is 10.9. The minimum atomic E-state index is -0.166. The third-order valence-corrected chi connectivity index (χ3v) is 10.9. The lowest BCUT2D eigenvalue weighted by Crippen LogP contribution is -2.35. The Hall–Kier alpha value is -4.68. The second kappa shape index (κ2) is 10.2. The summed E-state index contributed by atoms with van der Waals surface area (Å²) in [4.78, 5) is 0. The maximum Gasteiger partial charge on any atom is 0.0491 e. The van der Waals surface area contributed by atoms with E-state index in [1.54, 1.807) is 0 Å². The van der Waals surface area contributed by atoms with Crippen LogP contribution in [-0.2, 0) is 10.8 Å². The molecule has 0 saturated heterocycles. The van der Waals surface area contributed by atoms with Crippen LogP contribution in [0.2, 0.25) is 0 Å². The number of hydrogen-bond acceptors (Lipinski definition) is 0. The van der Waals surface area contributed by atoms with E-state index < -0.39 is 0 Å². The number of hydrogen-bond donors (Lipinski definition) is 0. The summed E-state index contributed by atoms with van der Waals surface area (Å²) < 4.78 is 0. The molecule has 0 aliphatic heterocycles. The predicted molar refractivity (Wildman–Crippen MR) is 185 cm³/mol. The van der Waals surface area contributed by atoms with Crippen LogP contribution in [0.4, 0.5) is 0 Å². The minimum absolute atomic E-state index is 0.142. The van der Waals surface area contributed by atoms with Gasteiger partial charge < -0.3 is 0 Å². The maximum absolute atomic E-state index is 2.41. The van der Waals surface area contributed by atoms with Crippen LogP contribution in [-0.4, -0.2) is 0 Å². The van der Waals surface area contributed by atoms with Crippen LogP contribution in [0.3, 0.4) is 0 Å². The molecular formula is C44H38. The van der Waals surface area contributed by atoms with E-state index in [1.807, 2.05) is 0 Å². The van der Waals surface area contributed by atoms with E-state index in [4.69, 9.17) is 0 Å². The zero-order valence-electron chi connectivity index (χ0n) is 25.8. The highest BCUT2D eigenvalue weighted by atomic mass is 14.5. The van der Waals surface area contributed by atoms with Crippen molar-refractivity contribution in [3.8, 4) is 33.4 Å². The number of fused-ring (bicyclic) bond motifs is 6. The van der Waals surface area contributed by atoms with Gasteiger partial charge in [0.05, 0.1) is 0 Å². The third kappa shape index (κ3) is 3.58. The SMILES string of the molecule is CCC(CC)C1(c2ccc(-c3ccc(C4(C)c5ccccc5-c5ccccc54)cc3)cc2)c2ccccc2-c2ccccc21. The molecular weight excluding hydrogens is 528 g/mol. The summed E-state index contributed by atoms with van der Waals surface area (Å²) in [6, 6.07) is 54.8. The predicted octanol–water partition coefficient (Wildman–Crippen LogP) is 11.4. The fourth-order valence-corrected chi connectivity index (χ4v) is 8.84. The van der Waals surface area contributed by atoms with E-state index in [0.29, 0.717) is 5.92 Å². The van der Waals surface area contributed by atoms with E-state index in [-0.39, 0.29) is 10.8 Å². The largest absolute Gasteiger partial charge is 0.0651 e. The summed E-state index contributed by atoms with van der Waals surface area (Å²) in [7, 11) is 0. The molecule has 8 rings (SSSR count). The zero-order valence-corrected chi connectivity index (χ0v) is 25.8. The average Bonchev–Trinajstić information content (AvgIpc) is 3.54.